The predicted octanol–water partition coefficient (Wildman–Crippen LogP) is 4.60. The Morgan fingerprint density at radius 1 is 1.08 bits per heavy atom. The number of para-hydroxylation sites is 1. The van der Waals surface area contributed by atoms with Crippen molar-refractivity contribution < 1.29 is 19.1 Å². The molecule has 132 valence electrons. The highest BCUT2D eigenvalue weighted by Crippen LogP contribution is 2.26. The van der Waals surface area contributed by atoms with E-state index in [0.29, 0.717) is 26.5 Å². The van der Waals surface area contributed by atoms with Crippen molar-refractivity contribution in [1.29, 1.82) is 0 Å². The summed E-state index contributed by atoms with van der Waals surface area (Å²) in [7, 11) is 0. The molecule has 0 bridgehead atoms. The van der Waals surface area contributed by atoms with Crippen LogP contribution in [0.15, 0.2) is 42.5 Å². The Labute approximate surface area is 159 Å². The number of amides is 1. The monoisotopic (exact) mass is 401 g/mol. The maximum absolute atomic E-state index is 12.1. The summed E-state index contributed by atoms with van der Waals surface area (Å²) in [6.45, 7) is 1.06. The molecule has 2 aromatic rings. The summed E-state index contributed by atoms with van der Waals surface area (Å²) < 4.78 is 10.3. The number of carbonyl (C=O) groups is 2. The summed E-state index contributed by atoms with van der Waals surface area (Å²) in [6, 6.07) is 11.3. The number of ether oxygens (including phenoxy) is 2. The second-order valence-corrected chi connectivity index (χ2v) is 6.22. The zero-order valence-corrected chi connectivity index (χ0v) is 15.4. The Morgan fingerprint density at radius 3 is 2.52 bits per heavy atom. The third-order valence-electron chi connectivity index (χ3n) is 3.05. The van der Waals surface area contributed by atoms with E-state index in [1.54, 1.807) is 36.4 Å². The van der Waals surface area contributed by atoms with Crippen LogP contribution in [0.1, 0.15) is 6.92 Å². The van der Waals surface area contributed by atoms with Gasteiger partial charge in [-0.05, 0) is 37.3 Å². The van der Waals surface area contributed by atoms with Crippen LogP contribution < -0.4 is 10.1 Å². The minimum atomic E-state index is -1.04. The lowest BCUT2D eigenvalue weighted by Gasteiger charge is -2.15. The fourth-order valence-corrected chi connectivity index (χ4v) is 2.34. The van der Waals surface area contributed by atoms with E-state index in [9.17, 15) is 9.59 Å². The molecule has 0 aliphatic heterocycles. The van der Waals surface area contributed by atoms with Crippen LogP contribution in [-0.4, -0.2) is 24.6 Å². The number of esters is 1. The third-order valence-corrected chi connectivity index (χ3v) is 3.92. The van der Waals surface area contributed by atoms with Crippen molar-refractivity contribution in [3.8, 4) is 5.75 Å². The van der Waals surface area contributed by atoms with E-state index >= 15 is 0 Å². The molecule has 8 heteroatoms. The number of halogens is 3. The molecule has 2 aromatic carbocycles. The fraction of sp³-hybridized carbons (Fsp3) is 0.176. The van der Waals surface area contributed by atoms with Gasteiger partial charge in [0.25, 0.3) is 5.91 Å². The lowest BCUT2D eigenvalue weighted by molar-refractivity contribution is -0.155. The summed E-state index contributed by atoms with van der Waals surface area (Å²) in [6.07, 6.45) is -1.04. The average Bonchev–Trinajstić information content (AvgIpc) is 2.57. The lowest BCUT2D eigenvalue weighted by Crippen LogP contribution is -2.31. The van der Waals surface area contributed by atoms with E-state index < -0.39 is 18.0 Å². The minimum Gasteiger partial charge on any atom is -0.480 e. The maximum atomic E-state index is 12.1. The van der Waals surface area contributed by atoms with E-state index in [0.717, 1.165) is 0 Å². The van der Waals surface area contributed by atoms with Gasteiger partial charge in [0, 0.05) is 5.02 Å². The fourth-order valence-electron chi connectivity index (χ4n) is 1.81. The van der Waals surface area contributed by atoms with Crippen LogP contribution in [0.3, 0.4) is 0 Å². The quantitative estimate of drug-likeness (QED) is 0.717. The van der Waals surface area contributed by atoms with Gasteiger partial charge in [0.1, 0.15) is 5.75 Å². The molecule has 0 fully saturated rings. The van der Waals surface area contributed by atoms with Gasteiger partial charge in [0.2, 0.25) is 0 Å². The van der Waals surface area contributed by atoms with Crippen LogP contribution in [0.2, 0.25) is 15.1 Å². The SMILES string of the molecule is C[C@@H](OC(=O)COc1ccccc1Cl)C(=O)Nc1cc(Cl)ccc1Cl. The topological polar surface area (TPSA) is 64.6 Å². The number of hydrogen-bond acceptors (Lipinski definition) is 4. The van der Waals surface area contributed by atoms with Crippen molar-refractivity contribution in [3.05, 3.63) is 57.5 Å². The maximum Gasteiger partial charge on any atom is 0.344 e. The van der Waals surface area contributed by atoms with Crippen molar-refractivity contribution in [2.45, 2.75) is 13.0 Å². The van der Waals surface area contributed by atoms with Crippen molar-refractivity contribution in [3.63, 3.8) is 0 Å². The van der Waals surface area contributed by atoms with Crippen LogP contribution in [0.5, 0.6) is 5.75 Å². The summed E-state index contributed by atoms with van der Waals surface area (Å²) in [4.78, 5) is 23.9. The molecule has 0 aromatic heterocycles. The van der Waals surface area contributed by atoms with Gasteiger partial charge in [-0.3, -0.25) is 4.79 Å². The van der Waals surface area contributed by atoms with E-state index in [-0.39, 0.29) is 6.61 Å². The van der Waals surface area contributed by atoms with Crippen LogP contribution >= 0.6 is 34.8 Å². The van der Waals surface area contributed by atoms with E-state index in [1.807, 2.05) is 0 Å². The highest BCUT2D eigenvalue weighted by atomic mass is 35.5. The first-order valence-corrected chi connectivity index (χ1v) is 8.33. The Bertz CT molecular complexity index is 782. The number of anilines is 1. The largest absolute Gasteiger partial charge is 0.480 e. The number of nitrogens with one attached hydrogen (secondary N) is 1. The molecule has 1 N–H and O–H groups in total. The van der Waals surface area contributed by atoms with Crippen LogP contribution in [-0.2, 0) is 14.3 Å². The van der Waals surface area contributed by atoms with Gasteiger partial charge in [0.05, 0.1) is 15.7 Å². The van der Waals surface area contributed by atoms with E-state index in [4.69, 9.17) is 44.3 Å². The molecular formula is C17H14Cl3NO4. The first-order valence-electron chi connectivity index (χ1n) is 7.19. The van der Waals surface area contributed by atoms with Gasteiger partial charge in [0.15, 0.2) is 12.7 Å². The highest BCUT2D eigenvalue weighted by Gasteiger charge is 2.19. The molecular weight excluding hydrogens is 389 g/mol. The number of rotatable bonds is 6. The van der Waals surface area contributed by atoms with E-state index in [1.165, 1.54) is 13.0 Å². The molecule has 25 heavy (non-hydrogen) atoms. The Kier molecular flexibility index (Phi) is 6.93. The zero-order chi connectivity index (χ0) is 18.4. The number of hydrogen-bond donors (Lipinski definition) is 1. The molecule has 0 saturated heterocycles. The summed E-state index contributed by atoms with van der Waals surface area (Å²) in [5.74, 6) is -0.904. The first kappa shape index (κ1) is 19.4. The second-order valence-electron chi connectivity index (χ2n) is 4.96. The van der Waals surface area contributed by atoms with Crippen molar-refractivity contribution >= 4 is 52.4 Å². The van der Waals surface area contributed by atoms with Crippen molar-refractivity contribution in [2.75, 3.05) is 11.9 Å². The minimum absolute atomic E-state index is 0.318. The predicted molar refractivity (Wildman–Crippen MR) is 97.6 cm³/mol. The Morgan fingerprint density at radius 2 is 1.80 bits per heavy atom. The Balaban J connectivity index is 1.87. The van der Waals surface area contributed by atoms with Crippen molar-refractivity contribution in [1.82, 2.24) is 0 Å². The Hall–Kier alpha value is -1.95. The van der Waals surface area contributed by atoms with Gasteiger partial charge in [-0.25, -0.2) is 4.79 Å². The molecule has 0 heterocycles. The van der Waals surface area contributed by atoms with Gasteiger partial charge in [-0.1, -0.05) is 46.9 Å². The molecule has 5 nitrogen and oxygen atoms in total. The lowest BCUT2D eigenvalue weighted by atomic mass is 10.3. The van der Waals surface area contributed by atoms with Gasteiger partial charge < -0.3 is 14.8 Å². The molecule has 0 unspecified atom stereocenters. The molecule has 0 saturated carbocycles. The number of carbonyl (C=O) groups excluding carboxylic acids is 2. The van der Waals surface area contributed by atoms with Gasteiger partial charge >= 0.3 is 5.97 Å². The summed E-state index contributed by atoms with van der Waals surface area (Å²) in [5, 5.41) is 3.65. The third kappa shape index (κ3) is 5.81. The standard InChI is InChI=1S/C17H14Cl3NO4/c1-10(17(23)21-14-8-11(18)6-7-12(14)19)25-16(22)9-24-15-5-3-2-4-13(15)20/h2-8,10H,9H2,1H3,(H,21,23)/t10-/m1/s1. The van der Waals surface area contributed by atoms with Crippen molar-refractivity contribution in [2.24, 2.45) is 0 Å². The molecule has 0 radical (unpaired) electrons. The smallest absolute Gasteiger partial charge is 0.344 e. The molecule has 0 aliphatic carbocycles. The van der Waals surface area contributed by atoms with E-state index in [2.05, 4.69) is 5.32 Å². The summed E-state index contributed by atoms with van der Waals surface area (Å²) >= 11 is 17.7. The molecule has 1 atom stereocenters. The number of benzene rings is 2. The van der Waals surface area contributed by atoms with Gasteiger partial charge in [-0.15, -0.1) is 0 Å². The van der Waals surface area contributed by atoms with Crippen LogP contribution in [0.4, 0.5) is 5.69 Å². The molecule has 2 rings (SSSR count). The first-order chi connectivity index (χ1) is 11.9. The summed E-state index contributed by atoms with van der Waals surface area (Å²) in [5.41, 5.74) is 0.328. The normalized spacial score (nSPS) is 11.5. The molecule has 0 aliphatic rings. The zero-order valence-electron chi connectivity index (χ0n) is 13.1. The molecule has 0 spiro atoms. The second kappa shape index (κ2) is 8.94. The highest BCUT2D eigenvalue weighted by molar-refractivity contribution is 6.35. The average molecular weight is 403 g/mol. The molecule has 1 amide bonds. The van der Waals surface area contributed by atoms with Crippen LogP contribution in [0.25, 0.3) is 0 Å². The van der Waals surface area contributed by atoms with Crippen LogP contribution in [0, 0.1) is 0 Å². The van der Waals surface area contributed by atoms with Gasteiger partial charge in [-0.2, -0.15) is 0 Å².